The largest absolute Gasteiger partial charge is 0.497 e. The Bertz CT molecular complexity index is 312. The zero-order valence-corrected chi connectivity index (χ0v) is 10.3. The minimum Gasteiger partial charge on any atom is -0.497 e. The summed E-state index contributed by atoms with van der Waals surface area (Å²) in [6.45, 7) is 5.34. The molecule has 2 nitrogen and oxygen atoms in total. The Balaban J connectivity index is 2.59. The van der Waals surface area contributed by atoms with Crippen molar-refractivity contribution in [3.63, 3.8) is 0 Å². The zero-order chi connectivity index (χ0) is 11.3. The van der Waals surface area contributed by atoms with Crippen molar-refractivity contribution in [1.82, 2.24) is 0 Å². The Morgan fingerprint density at radius 2 is 2.13 bits per heavy atom. The average molecular weight is 228 g/mol. The molecule has 0 atom stereocenters. The lowest BCUT2D eigenvalue weighted by molar-refractivity contribution is 0.415. The molecule has 0 aliphatic heterocycles. The number of benzene rings is 1. The maximum absolute atomic E-state index is 6.05. The summed E-state index contributed by atoms with van der Waals surface area (Å²) >= 11 is 6.05. The van der Waals surface area contributed by atoms with Crippen molar-refractivity contribution in [2.45, 2.75) is 20.3 Å². The van der Waals surface area contributed by atoms with Crippen molar-refractivity contribution in [1.29, 1.82) is 0 Å². The van der Waals surface area contributed by atoms with Crippen molar-refractivity contribution in [2.24, 2.45) is 5.92 Å². The van der Waals surface area contributed by atoms with Crippen molar-refractivity contribution >= 4 is 17.3 Å². The summed E-state index contributed by atoms with van der Waals surface area (Å²) < 4.78 is 5.14. The first-order chi connectivity index (χ1) is 7.13. The number of nitrogens with one attached hydrogen (secondary N) is 1. The third-order valence-corrected chi connectivity index (χ3v) is 2.54. The van der Waals surface area contributed by atoms with Gasteiger partial charge in [0.2, 0.25) is 0 Å². The molecule has 0 radical (unpaired) electrons. The quantitative estimate of drug-likeness (QED) is 0.826. The Labute approximate surface area is 96.6 Å². The van der Waals surface area contributed by atoms with Crippen LogP contribution in [-0.2, 0) is 0 Å². The minimum atomic E-state index is 0.696. The Kier molecular flexibility index (Phi) is 4.76. The molecular formula is C12H18ClNO. The summed E-state index contributed by atoms with van der Waals surface area (Å²) in [7, 11) is 1.65. The summed E-state index contributed by atoms with van der Waals surface area (Å²) in [4.78, 5) is 0. The first kappa shape index (κ1) is 12.2. The van der Waals surface area contributed by atoms with Gasteiger partial charge < -0.3 is 10.1 Å². The van der Waals surface area contributed by atoms with E-state index in [1.54, 1.807) is 7.11 Å². The van der Waals surface area contributed by atoms with Gasteiger partial charge in [0.1, 0.15) is 5.75 Å². The van der Waals surface area contributed by atoms with E-state index in [-0.39, 0.29) is 0 Å². The lowest BCUT2D eigenvalue weighted by Crippen LogP contribution is -2.05. The van der Waals surface area contributed by atoms with Crippen LogP contribution in [0.2, 0.25) is 5.02 Å². The smallest absolute Gasteiger partial charge is 0.121 e. The molecule has 0 saturated heterocycles. The number of hydrogen-bond donors (Lipinski definition) is 1. The molecular weight excluding hydrogens is 210 g/mol. The van der Waals surface area contributed by atoms with E-state index in [0.29, 0.717) is 5.92 Å². The lowest BCUT2D eigenvalue weighted by atomic mass is 10.1. The fraction of sp³-hybridized carbons (Fsp3) is 0.500. The predicted octanol–water partition coefficient (Wildman–Crippen LogP) is 3.81. The van der Waals surface area contributed by atoms with E-state index in [1.165, 1.54) is 0 Å². The van der Waals surface area contributed by atoms with Crippen LogP contribution in [0.4, 0.5) is 5.69 Å². The normalized spacial score (nSPS) is 10.5. The van der Waals surface area contributed by atoms with E-state index in [4.69, 9.17) is 16.3 Å². The number of rotatable bonds is 5. The standard InChI is InChI=1S/C12H18ClNO/c1-9(2)6-7-14-12-8-10(15-3)4-5-11(12)13/h4-5,8-9,14H,6-7H2,1-3H3. The maximum Gasteiger partial charge on any atom is 0.121 e. The third kappa shape index (κ3) is 4.00. The second-order valence-corrected chi connectivity index (χ2v) is 4.36. The van der Waals surface area contributed by atoms with Crippen molar-refractivity contribution in [3.05, 3.63) is 23.2 Å². The molecule has 0 aliphatic carbocycles. The summed E-state index contributed by atoms with van der Waals surface area (Å²) in [6.07, 6.45) is 1.13. The van der Waals surface area contributed by atoms with E-state index in [0.717, 1.165) is 29.4 Å². The molecule has 0 saturated carbocycles. The van der Waals surface area contributed by atoms with Gasteiger partial charge in [-0.2, -0.15) is 0 Å². The molecule has 1 rings (SSSR count). The van der Waals surface area contributed by atoms with Crippen molar-refractivity contribution in [2.75, 3.05) is 19.0 Å². The van der Waals surface area contributed by atoms with Crippen LogP contribution < -0.4 is 10.1 Å². The molecule has 0 fully saturated rings. The summed E-state index contributed by atoms with van der Waals surface area (Å²) in [5.74, 6) is 1.52. The van der Waals surface area contributed by atoms with Crippen LogP contribution in [0.3, 0.4) is 0 Å². The molecule has 15 heavy (non-hydrogen) atoms. The van der Waals surface area contributed by atoms with Gasteiger partial charge in [0, 0.05) is 12.6 Å². The molecule has 0 aliphatic rings. The molecule has 0 spiro atoms. The highest BCUT2D eigenvalue weighted by molar-refractivity contribution is 6.33. The van der Waals surface area contributed by atoms with Gasteiger partial charge >= 0.3 is 0 Å². The molecule has 3 heteroatoms. The first-order valence-electron chi connectivity index (χ1n) is 5.21. The van der Waals surface area contributed by atoms with Gasteiger partial charge in [-0.3, -0.25) is 0 Å². The van der Waals surface area contributed by atoms with E-state index >= 15 is 0 Å². The Morgan fingerprint density at radius 1 is 1.40 bits per heavy atom. The van der Waals surface area contributed by atoms with Gasteiger partial charge in [-0.05, 0) is 24.5 Å². The fourth-order valence-electron chi connectivity index (χ4n) is 1.26. The van der Waals surface area contributed by atoms with Gasteiger partial charge in [0.05, 0.1) is 17.8 Å². The summed E-state index contributed by atoms with van der Waals surface area (Å²) in [5.41, 5.74) is 0.941. The highest BCUT2D eigenvalue weighted by Crippen LogP contribution is 2.26. The van der Waals surface area contributed by atoms with Gasteiger partial charge in [-0.15, -0.1) is 0 Å². The highest BCUT2D eigenvalue weighted by Gasteiger charge is 2.02. The number of ether oxygens (including phenoxy) is 1. The topological polar surface area (TPSA) is 21.3 Å². The van der Waals surface area contributed by atoms with Crippen LogP contribution in [-0.4, -0.2) is 13.7 Å². The van der Waals surface area contributed by atoms with Crippen LogP contribution in [0, 0.1) is 5.92 Å². The average Bonchev–Trinajstić information content (AvgIpc) is 2.20. The predicted molar refractivity (Wildman–Crippen MR) is 65.9 cm³/mol. The summed E-state index contributed by atoms with van der Waals surface area (Å²) in [5, 5.41) is 4.04. The highest BCUT2D eigenvalue weighted by atomic mass is 35.5. The van der Waals surface area contributed by atoms with Gasteiger partial charge in [-0.25, -0.2) is 0 Å². The first-order valence-corrected chi connectivity index (χ1v) is 5.58. The monoisotopic (exact) mass is 227 g/mol. The van der Waals surface area contributed by atoms with Crippen LogP contribution in [0.5, 0.6) is 5.75 Å². The van der Waals surface area contributed by atoms with Gasteiger partial charge in [0.25, 0.3) is 0 Å². The molecule has 0 amide bonds. The Morgan fingerprint density at radius 3 is 2.73 bits per heavy atom. The van der Waals surface area contributed by atoms with Crippen LogP contribution in [0.15, 0.2) is 18.2 Å². The second-order valence-electron chi connectivity index (χ2n) is 3.96. The van der Waals surface area contributed by atoms with Crippen LogP contribution in [0.1, 0.15) is 20.3 Å². The number of halogens is 1. The number of methoxy groups -OCH3 is 1. The van der Waals surface area contributed by atoms with Gasteiger partial charge in [0.15, 0.2) is 0 Å². The van der Waals surface area contributed by atoms with E-state index in [9.17, 15) is 0 Å². The second kappa shape index (κ2) is 5.86. The van der Waals surface area contributed by atoms with Crippen molar-refractivity contribution in [3.8, 4) is 5.75 Å². The van der Waals surface area contributed by atoms with E-state index in [1.807, 2.05) is 18.2 Å². The molecule has 0 unspecified atom stereocenters. The van der Waals surface area contributed by atoms with Crippen LogP contribution in [0.25, 0.3) is 0 Å². The maximum atomic E-state index is 6.05. The molecule has 0 aromatic heterocycles. The zero-order valence-electron chi connectivity index (χ0n) is 9.51. The van der Waals surface area contributed by atoms with E-state index in [2.05, 4.69) is 19.2 Å². The molecule has 84 valence electrons. The van der Waals surface area contributed by atoms with Gasteiger partial charge in [-0.1, -0.05) is 25.4 Å². The third-order valence-electron chi connectivity index (χ3n) is 2.21. The summed E-state index contributed by atoms with van der Waals surface area (Å²) in [6, 6.07) is 5.62. The minimum absolute atomic E-state index is 0.696. The molecule has 1 N–H and O–H groups in total. The Hall–Kier alpha value is -0.890. The fourth-order valence-corrected chi connectivity index (χ4v) is 1.45. The number of anilines is 1. The molecule has 1 aromatic carbocycles. The van der Waals surface area contributed by atoms with Crippen LogP contribution >= 0.6 is 11.6 Å². The molecule has 1 aromatic rings. The number of hydrogen-bond acceptors (Lipinski definition) is 2. The molecule has 0 heterocycles. The van der Waals surface area contributed by atoms with Crippen molar-refractivity contribution < 1.29 is 4.74 Å². The lowest BCUT2D eigenvalue weighted by Gasteiger charge is -2.11. The SMILES string of the molecule is COc1ccc(Cl)c(NCCC(C)C)c1. The van der Waals surface area contributed by atoms with E-state index < -0.39 is 0 Å². The molecule has 0 bridgehead atoms.